The lowest BCUT2D eigenvalue weighted by Crippen LogP contribution is -2.08. The Morgan fingerprint density at radius 2 is 2.20 bits per heavy atom. The molecule has 1 rings (SSSR count). The molecule has 1 heterocycles. The Bertz CT molecular complexity index is 231. The van der Waals surface area contributed by atoms with Crippen LogP contribution in [0.4, 0.5) is 0 Å². The number of nitrogen functional groups attached to an aromatic ring is 1. The van der Waals surface area contributed by atoms with Crippen LogP contribution in [0, 0.1) is 5.41 Å². The maximum atomic E-state index is 6.98. The van der Waals surface area contributed by atoms with Crippen LogP contribution in [-0.4, -0.2) is 5.84 Å². The zero-order valence-corrected chi connectivity index (χ0v) is 6.09. The molecule has 0 atom stereocenters. The summed E-state index contributed by atoms with van der Waals surface area (Å²) in [5.74, 6) is 0.0758. The number of thiophene rings is 1. The molecule has 56 valence electrons. The fourth-order valence-corrected chi connectivity index (χ4v) is 1.36. The predicted octanol–water partition coefficient (Wildman–Crippen LogP) is 2.32. The lowest BCUT2D eigenvalue weighted by molar-refractivity contribution is 1.45. The lowest BCUT2D eigenvalue weighted by Gasteiger charge is -1.85. The highest BCUT2D eigenvalue weighted by Gasteiger charge is 1.98. The van der Waals surface area contributed by atoms with E-state index in [1.807, 2.05) is 0 Å². The molecular weight excluding hydrogens is 168 g/mol. The summed E-state index contributed by atoms with van der Waals surface area (Å²) in [6, 6.07) is 3.46. The number of amidine groups is 1. The van der Waals surface area contributed by atoms with E-state index < -0.39 is 0 Å². The number of rotatable bonds is 1. The zero-order chi connectivity index (χ0) is 6.85. The molecule has 0 saturated heterocycles. The molecule has 0 amide bonds. The molecule has 1 aromatic heterocycles. The number of hydrogen-bond acceptors (Lipinski definition) is 2. The van der Waals surface area contributed by atoms with Gasteiger partial charge in [-0.05, 0) is 12.1 Å². The molecule has 0 aromatic carbocycles. The van der Waals surface area contributed by atoms with Crippen molar-refractivity contribution in [3.8, 4) is 0 Å². The van der Waals surface area contributed by atoms with Gasteiger partial charge in [-0.1, -0.05) is 19.0 Å². The van der Waals surface area contributed by atoms with Crippen LogP contribution < -0.4 is 5.73 Å². The Labute approximate surface area is 69.1 Å². The average Bonchev–Trinajstić information content (AvgIpc) is 2.14. The lowest BCUT2D eigenvalue weighted by atomic mass is 10.4. The Hall–Kier alpha value is -0.540. The van der Waals surface area contributed by atoms with E-state index in [2.05, 4.69) is 0 Å². The summed E-state index contributed by atoms with van der Waals surface area (Å²) >= 11 is 6.88. The van der Waals surface area contributed by atoms with Gasteiger partial charge in [-0.25, -0.2) is 0 Å². The standard InChI is InChI=1S/C5H5ClN2S.CH4/c6-4-2-1-3(9-4)5(7)8;/h1-2H,(H3,7,8);1H4. The number of halogens is 1. The molecular formula is C6H9ClN2S. The van der Waals surface area contributed by atoms with Gasteiger partial charge in [-0.2, -0.15) is 0 Å². The molecule has 0 unspecified atom stereocenters. The van der Waals surface area contributed by atoms with Gasteiger partial charge in [0, 0.05) is 0 Å². The van der Waals surface area contributed by atoms with Gasteiger partial charge in [0.15, 0.2) is 0 Å². The van der Waals surface area contributed by atoms with Crippen LogP contribution in [0.15, 0.2) is 12.1 Å². The highest BCUT2D eigenvalue weighted by atomic mass is 35.5. The van der Waals surface area contributed by atoms with Crippen molar-refractivity contribution in [3.63, 3.8) is 0 Å². The van der Waals surface area contributed by atoms with E-state index in [0.29, 0.717) is 4.34 Å². The Balaban J connectivity index is 0.000000810. The van der Waals surface area contributed by atoms with Crippen LogP contribution in [-0.2, 0) is 0 Å². The number of hydrogen-bond donors (Lipinski definition) is 2. The van der Waals surface area contributed by atoms with Crippen molar-refractivity contribution in [2.45, 2.75) is 7.43 Å². The van der Waals surface area contributed by atoms with Crippen molar-refractivity contribution < 1.29 is 0 Å². The van der Waals surface area contributed by atoms with Crippen molar-refractivity contribution in [1.82, 2.24) is 0 Å². The highest BCUT2D eigenvalue weighted by Crippen LogP contribution is 2.20. The second kappa shape index (κ2) is 3.58. The molecule has 0 spiro atoms. The second-order valence-corrected chi connectivity index (χ2v) is 3.23. The molecule has 0 bridgehead atoms. The van der Waals surface area contributed by atoms with Gasteiger partial charge in [0.25, 0.3) is 0 Å². The van der Waals surface area contributed by atoms with Crippen LogP contribution in [0.1, 0.15) is 12.3 Å². The molecule has 0 aliphatic heterocycles. The molecule has 0 saturated carbocycles. The Morgan fingerprint density at radius 3 is 2.40 bits per heavy atom. The van der Waals surface area contributed by atoms with Gasteiger partial charge in [-0.3, -0.25) is 5.41 Å². The minimum atomic E-state index is 0. The van der Waals surface area contributed by atoms with Gasteiger partial charge < -0.3 is 5.73 Å². The number of nitrogens with two attached hydrogens (primary N) is 1. The third-order valence-corrected chi connectivity index (χ3v) is 2.10. The average molecular weight is 177 g/mol. The third-order valence-electron chi connectivity index (χ3n) is 0.839. The maximum Gasteiger partial charge on any atom is 0.133 e. The number of nitrogens with one attached hydrogen (secondary N) is 1. The van der Waals surface area contributed by atoms with Gasteiger partial charge >= 0.3 is 0 Å². The molecule has 1 aromatic rings. The summed E-state index contributed by atoms with van der Waals surface area (Å²) < 4.78 is 0.667. The molecule has 0 aliphatic carbocycles. The Kier molecular flexibility index (Phi) is 3.39. The first-order valence-electron chi connectivity index (χ1n) is 2.30. The largest absolute Gasteiger partial charge is 0.383 e. The fraction of sp³-hybridized carbons (Fsp3) is 0.167. The van der Waals surface area contributed by atoms with Crippen molar-refractivity contribution >= 4 is 28.8 Å². The molecule has 10 heavy (non-hydrogen) atoms. The van der Waals surface area contributed by atoms with Gasteiger partial charge in [0.05, 0.1) is 9.21 Å². The van der Waals surface area contributed by atoms with Crippen molar-refractivity contribution in [3.05, 3.63) is 21.3 Å². The molecule has 0 aliphatic rings. The van der Waals surface area contributed by atoms with E-state index in [9.17, 15) is 0 Å². The van der Waals surface area contributed by atoms with Crippen LogP contribution in [0.5, 0.6) is 0 Å². The molecule has 3 N–H and O–H groups in total. The van der Waals surface area contributed by atoms with E-state index >= 15 is 0 Å². The summed E-state index contributed by atoms with van der Waals surface area (Å²) in [5, 5.41) is 6.98. The Morgan fingerprint density at radius 1 is 1.60 bits per heavy atom. The van der Waals surface area contributed by atoms with Crippen molar-refractivity contribution in [1.29, 1.82) is 5.41 Å². The normalized spacial score (nSPS) is 8.50. The second-order valence-electron chi connectivity index (χ2n) is 1.52. The first-order valence-corrected chi connectivity index (χ1v) is 3.49. The van der Waals surface area contributed by atoms with Crippen LogP contribution in [0.2, 0.25) is 4.34 Å². The summed E-state index contributed by atoms with van der Waals surface area (Å²) in [4.78, 5) is 0.722. The summed E-state index contributed by atoms with van der Waals surface area (Å²) in [6.07, 6.45) is 0. The predicted molar refractivity (Wildman–Crippen MR) is 47.1 cm³/mol. The monoisotopic (exact) mass is 176 g/mol. The molecule has 0 radical (unpaired) electrons. The summed E-state index contributed by atoms with van der Waals surface area (Å²) in [7, 11) is 0. The van der Waals surface area contributed by atoms with Crippen LogP contribution >= 0.6 is 22.9 Å². The van der Waals surface area contributed by atoms with E-state index in [1.54, 1.807) is 12.1 Å². The minimum Gasteiger partial charge on any atom is -0.383 e. The van der Waals surface area contributed by atoms with Crippen LogP contribution in [0.3, 0.4) is 0 Å². The van der Waals surface area contributed by atoms with Crippen LogP contribution in [0.25, 0.3) is 0 Å². The van der Waals surface area contributed by atoms with E-state index in [-0.39, 0.29) is 13.3 Å². The molecule has 4 heteroatoms. The first-order chi connectivity index (χ1) is 4.20. The van der Waals surface area contributed by atoms with Gasteiger partial charge in [-0.15, -0.1) is 11.3 Å². The molecule has 0 fully saturated rings. The van der Waals surface area contributed by atoms with Crippen molar-refractivity contribution in [2.75, 3.05) is 0 Å². The van der Waals surface area contributed by atoms with Gasteiger partial charge in [0.1, 0.15) is 5.84 Å². The highest BCUT2D eigenvalue weighted by molar-refractivity contribution is 7.18. The topological polar surface area (TPSA) is 49.9 Å². The SMILES string of the molecule is C.N=C(N)c1ccc(Cl)s1. The quantitative estimate of drug-likeness (QED) is 0.501. The fourth-order valence-electron chi connectivity index (χ4n) is 0.459. The zero-order valence-electron chi connectivity index (χ0n) is 4.52. The van der Waals surface area contributed by atoms with E-state index in [4.69, 9.17) is 22.7 Å². The first kappa shape index (κ1) is 9.46. The third kappa shape index (κ3) is 2.01. The van der Waals surface area contributed by atoms with Gasteiger partial charge in [0.2, 0.25) is 0 Å². The van der Waals surface area contributed by atoms with E-state index in [0.717, 1.165) is 4.88 Å². The van der Waals surface area contributed by atoms with Crippen molar-refractivity contribution in [2.24, 2.45) is 5.73 Å². The summed E-state index contributed by atoms with van der Waals surface area (Å²) in [6.45, 7) is 0. The minimum absolute atomic E-state index is 0. The molecule has 2 nitrogen and oxygen atoms in total. The maximum absolute atomic E-state index is 6.98. The summed E-state index contributed by atoms with van der Waals surface area (Å²) in [5.41, 5.74) is 5.16. The smallest absolute Gasteiger partial charge is 0.133 e. The van der Waals surface area contributed by atoms with E-state index in [1.165, 1.54) is 11.3 Å².